The molecule has 0 atom stereocenters. The van der Waals surface area contributed by atoms with E-state index < -0.39 is 0 Å². The molecule has 0 aliphatic carbocycles. The molecular weight excluding hydrogens is 441 g/mol. The highest BCUT2D eigenvalue weighted by molar-refractivity contribution is 6.18. The maximum Gasteiger partial charge on any atom is 0.185 e. The van der Waals surface area contributed by atoms with Crippen LogP contribution in [0.4, 0.5) is 5.69 Å². The van der Waals surface area contributed by atoms with Gasteiger partial charge in [-0.1, -0.05) is 72.8 Å². The normalized spacial score (nSPS) is 11.2. The van der Waals surface area contributed by atoms with Gasteiger partial charge in [0, 0.05) is 41.7 Å². The topological polar surface area (TPSA) is 46.3 Å². The number of hydrogen-bond acceptors (Lipinski definition) is 4. The first-order valence-electron chi connectivity index (χ1n) is 10.4. The van der Waals surface area contributed by atoms with E-state index in [9.17, 15) is 0 Å². The molecule has 0 aliphatic rings. The van der Waals surface area contributed by atoms with E-state index in [1.807, 2.05) is 79.0 Å². The summed E-state index contributed by atoms with van der Waals surface area (Å²) < 4.78 is 1.78. The molecule has 0 bridgehead atoms. The molecule has 0 unspecified atom stereocenters. The molecule has 1 heterocycles. The second-order valence-corrected chi connectivity index (χ2v) is 7.85. The van der Waals surface area contributed by atoms with Crippen LogP contribution in [-0.2, 0) is 0 Å². The van der Waals surface area contributed by atoms with Gasteiger partial charge in [-0.05, 0) is 17.7 Å². The minimum absolute atomic E-state index is 0.554. The van der Waals surface area contributed by atoms with Crippen LogP contribution >= 0.6 is 23.2 Å². The lowest BCUT2D eigenvalue weighted by molar-refractivity contribution is 0.874. The van der Waals surface area contributed by atoms with Crippen molar-refractivity contribution in [2.24, 2.45) is 5.10 Å². The molecule has 3 aromatic carbocycles. The lowest BCUT2D eigenvalue weighted by atomic mass is 10.2. The van der Waals surface area contributed by atoms with Crippen molar-refractivity contribution in [2.45, 2.75) is 0 Å². The van der Waals surface area contributed by atoms with E-state index >= 15 is 0 Å². The van der Waals surface area contributed by atoms with Crippen LogP contribution in [0, 0.1) is 0 Å². The fourth-order valence-electron chi connectivity index (χ4n) is 3.39. The van der Waals surface area contributed by atoms with Crippen molar-refractivity contribution in [1.82, 2.24) is 14.9 Å². The number of benzene rings is 3. The number of hydrogen-bond donors (Lipinski definition) is 0. The summed E-state index contributed by atoms with van der Waals surface area (Å²) in [4.78, 5) is 2.17. The highest BCUT2D eigenvalue weighted by atomic mass is 35.5. The minimum Gasteiger partial charge on any atom is -0.369 e. The predicted molar refractivity (Wildman–Crippen MR) is 134 cm³/mol. The Bertz CT molecular complexity index is 1080. The van der Waals surface area contributed by atoms with Gasteiger partial charge in [0.2, 0.25) is 0 Å². The third-order valence-electron chi connectivity index (χ3n) is 4.99. The van der Waals surface area contributed by atoms with Gasteiger partial charge >= 0.3 is 0 Å². The number of aromatic nitrogens is 3. The monoisotopic (exact) mass is 463 g/mol. The SMILES string of the molecule is ClCCN(CCCl)c1ccc(/C=N/n2c(-c3ccccc3)nnc2-c2ccccc2)cc1. The lowest BCUT2D eigenvalue weighted by Crippen LogP contribution is -2.27. The average molecular weight is 464 g/mol. The summed E-state index contributed by atoms with van der Waals surface area (Å²) >= 11 is 11.9. The second kappa shape index (κ2) is 10.9. The lowest BCUT2D eigenvalue weighted by Gasteiger charge is -2.22. The van der Waals surface area contributed by atoms with Gasteiger partial charge in [-0.15, -0.1) is 33.4 Å². The summed E-state index contributed by atoms with van der Waals surface area (Å²) in [6.07, 6.45) is 1.82. The average Bonchev–Trinajstić information content (AvgIpc) is 3.28. The van der Waals surface area contributed by atoms with Gasteiger partial charge < -0.3 is 4.90 Å². The van der Waals surface area contributed by atoms with Crippen LogP contribution in [0.15, 0.2) is 90.0 Å². The molecule has 0 amide bonds. The van der Waals surface area contributed by atoms with Crippen molar-refractivity contribution in [1.29, 1.82) is 0 Å². The Hall–Kier alpha value is -3.15. The summed E-state index contributed by atoms with van der Waals surface area (Å²) in [6, 6.07) is 28.1. The zero-order valence-corrected chi connectivity index (χ0v) is 19.0. The zero-order valence-electron chi connectivity index (χ0n) is 17.5. The van der Waals surface area contributed by atoms with Crippen molar-refractivity contribution in [2.75, 3.05) is 29.7 Å². The largest absolute Gasteiger partial charge is 0.369 e. The Morgan fingerprint density at radius 3 is 1.69 bits per heavy atom. The Morgan fingerprint density at radius 1 is 0.719 bits per heavy atom. The first kappa shape index (κ1) is 22.1. The molecule has 0 saturated carbocycles. The van der Waals surface area contributed by atoms with E-state index in [-0.39, 0.29) is 0 Å². The van der Waals surface area contributed by atoms with Crippen LogP contribution in [0.2, 0.25) is 0 Å². The second-order valence-electron chi connectivity index (χ2n) is 7.09. The van der Waals surface area contributed by atoms with E-state index in [0.29, 0.717) is 23.4 Å². The van der Waals surface area contributed by atoms with Crippen LogP contribution in [-0.4, -0.2) is 45.9 Å². The van der Waals surface area contributed by atoms with E-state index in [2.05, 4.69) is 27.2 Å². The van der Waals surface area contributed by atoms with Gasteiger partial charge in [0.05, 0.1) is 6.21 Å². The van der Waals surface area contributed by atoms with Crippen molar-refractivity contribution < 1.29 is 0 Å². The van der Waals surface area contributed by atoms with Gasteiger partial charge in [0.1, 0.15) is 0 Å². The van der Waals surface area contributed by atoms with Gasteiger partial charge in [-0.3, -0.25) is 0 Å². The van der Waals surface area contributed by atoms with E-state index in [0.717, 1.165) is 35.5 Å². The van der Waals surface area contributed by atoms with Crippen molar-refractivity contribution in [3.63, 3.8) is 0 Å². The standard InChI is InChI=1S/C25H23Cl2N5/c26-15-17-31(18-16-27)23-13-11-20(12-14-23)19-28-32-24(21-7-3-1-4-8-21)29-30-25(32)22-9-5-2-6-10-22/h1-14,19H,15-18H2/b28-19+. The first-order valence-corrected chi connectivity index (χ1v) is 11.4. The Labute approximate surface area is 197 Å². The molecule has 1 aromatic heterocycles. The fraction of sp³-hybridized carbons (Fsp3) is 0.160. The summed E-state index contributed by atoms with van der Waals surface area (Å²) in [6.45, 7) is 1.51. The van der Waals surface area contributed by atoms with Crippen LogP contribution in [0.5, 0.6) is 0 Å². The summed E-state index contributed by atoms with van der Waals surface area (Å²) in [5.74, 6) is 2.48. The smallest absolute Gasteiger partial charge is 0.185 e. The maximum atomic E-state index is 5.93. The van der Waals surface area contributed by atoms with Crippen LogP contribution in [0.1, 0.15) is 5.56 Å². The number of halogens is 2. The van der Waals surface area contributed by atoms with Crippen LogP contribution in [0.25, 0.3) is 22.8 Å². The Balaban J connectivity index is 1.66. The fourth-order valence-corrected chi connectivity index (χ4v) is 3.80. The summed E-state index contributed by atoms with van der Waals surface area (Å²) in [5.41, 5.74) is 3.96. The third kappa shape index (κ3) is 5.18. The summed E-state index contributed by atoms with van der Waals surface area (Å²) in [7, 11) is 0. The number of rotatable bonds is 9. The third-order valence-corrected chi connectivity index (χ3v) is 5.33. The molecule has 32 heavy (non-hydrogen) atoms. The highest BCUT2D eigenvalue weighted by Crippen LogP contribution is 2.24. The molecule has 0 spiro atoms. The van der Waals surface area contributed by atoms with Gasteiger partial charge in [-0.25, -0.2) is 0 Å². The maximum absolute atomic E-state index is 5.93. The van der Waals surface area contributed by atoms with Gasteiger partial charge in [0.25, 0.3) is 0 Å². The molecule has 5 nitrogen and oxygen atoms in total. The van der Waals surface area contributed by atoms with Crippen LogP contribution < -0.4 is 4.90 Å². The molecule has 0 N–H and O–H groups in total. The number of alkyl halides is 2. The predicted octanol–water partition coefficient (Wildman–Crippen LogP) is 5.78. The Kier molecular flexibility index (Phi) is 7.54. The molecule has 4 rings (SSSR count). The van der Waals surface area contributed by atoms with Gasteiger partial charge in [-0.2, -0.15) is 9.78 Å². The minimum atomic E-state index is 0.554. The first-order chi connectivity index (χ1) is 15.8. The molecule has 0 aliphatic heterocycles. The molecule has 0 saturated heterocycles. The quantitative estimate of drug-likeness (QED) is 0.233. The molecular formula is C25H23Cl2N5. The van der Waals surface area contributed by atoms with E-state index in [1.54, 1.807) is 4.68 Å². The van der Waals surface area contributed by atoms with Crippen molar-refractivity contribution in [3.05, 3.63) is 90.5 Å². The van der Waals surface area contributed by atoms with Crippen molar-refractivity contribution in [3.8, 4) is 22.8 Å². The molecule has 4 aromatic rings. The Morgan fingerprint density at radius 2 is 1.22 bits per heavy atom. The zero-order chi connectivity index (χ0) is 22.2. The van der Waals surface area contributed by atoms with E-state index in [4.69, 9.17) is 28.3 Å². The number of nitrogens with zero attached hydrogens (tertiary/aromatic N) is 5. The molecule has 0 fully saturated rings. The molecule has 7 heteroatoms. The highest BCUT2D eigenvalue weighted by Gasteiger charge is 2.14. The van der Waals surface area contributed by atoms with Crippen molar-refractivity contribution >= 4 is 35.1 Å². The molecule has 0 radical (unpaired) electrons. The van der Waals surface area contributed by atoms with Gasteiger partial charge in [0.15, 0.2) is 11.6 Å². The summed E-state index contributed by atoms with van der Waals surface area (Å²) in [5, 5.41) is 13.6. The molecule has 162 valence electrons. The van der Waals surface area contributed by atoms with E-state index in [1.165, 1.54) is 0 Å². The van der Waals surface area contributed by atoms with Crippen LogP contribution in [0.3, 0.4) is 0 Å². The number of anilines is 1.